The van der Waals surface area contributed by atoms with E-state index in [1.807, 2.05) is 6.92 Å². The number of imidazole rings is 1. The van der Waals surface area contributed by atoms with E-state index in [2.05, 4.69) is 25.3 Å². The highest BCUT2D eigenvalue weighted by Crippen LogP contribution is 2.09. The Morgan fingerprint density at radius 3 is 2.61 bits per heavy atom. The van der Waals surface area contributed by atoms with Gasteiger partial charge in [0.2, 0.25) is 11.2 Å². The van der Waals surface area contributed by atoms with Crippen molar-refractivity contribution in [1.82, 2.24) is 19.9 Å². The molecular weight excluding hydrogens is 262 g/mol. The lowest BCUT2D eigenvalue weighted by molar-refractivity contribution is -0.134. The van der Waals surface area contributed by atoms with Crippen LogP contribution in [0.15, 0.2) is 4.79 Å². The zero-order chi connectivity index (χ0) is 13.7. The maximum Gasteiger partial charge on any atom is 0.300 e. The molecule has 0 spiro atoms. The number of rotatable bonds is 2. The Kier molecular flexibility index (Phi) is 4.67. The normalized spacial score (nSPS) is 9.72. The van der Waals surface area contributed by atoms with Crippen molar-refractivity contribution in [3.63, 3.8) is 0 Å². The summed E-state index contributed by atoms with van der Waals surface area (Å²) < 4.78 is 0. The van der Waals surface area contributed by atoms with Crippen molar-refractivity contribution < 1.29 is 9.90 Å². The second-order valence-electron chi connectivity index (χ2n) is 3.19. The Balaban J connectivity index is 0.000000357. The van der Waals surface area contributed by atoms with E-state index < -0.39 is 5.97 Å². The lowest BCUT2D eigenvalue weighted by Crippen LogP contribution is -2.12. The molecule has 2 aromatic rings. The van der Waals surface area contributed by atoms with Gasteiger partial charge in [-0.15, -0.1) is 0 Å². The highest BCUT2D eigenvalue weighted by atomic mass is 35.5. The molecule has 8 nitrogen and oxygen atoms in total. The number of hydrogen-bond acceptors (Lipinski definition) is 5. The number of hydrogen-bond donors (Lipinski definition) is 4. The molecule has 0 aromatic carbocycles. The standard InChI is InChI=1S/C7H8ClN5O.C2H4O2/c1-2-9-7-12-4-3(5(14)13-7)10-6(8)11-4;1-2(3)4/h2H2,1H3,(H3,9,10,11,12,13,14);1H3,(H,3,4). The summed E-state index contributed by atoms with van der Waals surface area (Å²) in [4.78, 5) is 33.5. The van der Waals surface area contributed by atoms with Gasteiger partial charge in [0, 0.05) is 13.5 Å². The molecule has 98 valence electrons. The summed E-state index contributed by atoms with van der Waals surface area (Å²) in [5, 5.41) is 10.5. The molecule has 0 atom stereocenters. The number of carboxylic acid groups (broad SMARTS) is 1. The minimum Gasteiger partial charge on any atom is -0.481 e. The van der Waals surface area contributed by atoms with Gasteiger partial charge in [-0.05, 0) is 18.5 Å². The molecule has 2 aromatic heterocycles. The van der Waals surface area contributed by atoms with E-state index >= 15 is 0 Å². The summed E-state index contributed by atoms with van der Waals surface area (Å²) in [7, 11) is 0. The van der Waals surface area contributed by atoms with Gasteiger partial charge >= 0.3 is 0 Å². The van der Waals surface area contributed by atoms with Crippen molar-refractivity contribution in [2.75, 3.05) is 11.9 Å². The smallest absolute Gasteiger partial charge is 0.300 e. The summed E-state index contributed by atoms with van der Waals surface area (Å²) in [5.41, 5.74) is 0.316. The van der Waals surface area contributed by atoms with Crippen LogP contribution in [0.25, 0.3) is 11.2 Å². The fourth-order valence-corrected chi connectivity index (χ4v) is 1.30. The average Bonchev–Trinajstić information content (AvgIpc) is 2.59. The third kappa shape index (κ3) is 3.74. The van der Waals surface area contributed by atoms with Gasteiger partial charge in [-0.3, -0.25) is 14.6 Å². The molecule has 0 radical (unpaired) electrons. The first-order chi connectivity index (χ1) is 8.43. The van der Waals surface area contributed by atoms with Crippen LogP contribution in [-0.2, 0) is 4.79 Å². The number of aromatic nitrogens is 4. The predicted molar refractivity (Wildman–Crippen MR) is 67.0 cm³/mol. The fourth-order valence-electron chi connectivity index (χ4n) is 1.13. The van der Waals surface area contributed by atoms with Crippen LogP contribution in [0.2, 0.25) is 5.28 Å². The Morgan fingerprint density at radius 2 is 2.06 bits per heavy atom. The number of nitrogens with zero attached hydrogens (tertiary/aromatic N) is 2. The average molecular weight is 274 g/mol. The molecule has 0 bridgehead atoms. The summed E-state index contributed by atoms with van der Waals surface area (Å²) >= 11 is 5.60. The van der Waals surface area contributed by atoms with Crippen LogP contribution in [0, 0.1) is 0 Å². The van der Waals surface area contributed by atoms with Crippen LogP contribution in [0.5, 0.6) is 0 Å². The molecule has 2 rings (SSSR count). The number of carbonyl (C=O) groups is 1. The van der Waals surface area contributed by atoms with Crippen LogP contribution in [-0.4, -0.2) is 37.6 Å². The van der Waals surface area contributed by atoms with Crippen molar-refractivity contribution in [2.45, 2.75) is 13.8 Å². The third-order valence-electron chi connectivity index (χ3n) is 1.68. The molecule has 2 heterocycles. The van der Waals surface area contributed by atoms with Crippen LogP contribution < -0.4 is 10.9 Å². The second kappa shape index (κ2) is 6.01. The van der Waals surface area contributed by atoms with Crippen LogP contribution >= 0.6 is 11.6 Å². The summed E-state index contributed by atoms with van der Waals surface area (Å²) in [6, 6.07) is 0. The van der Waals surface area contributed by atoms with E-state index in [-0.39, 0.29) is 16.4 Å². The minimum atomic E-state index is -0.833. The van der Waals surface area contributed by atoms with Crippen molar-refractivity contribution in [3.8, 4) is 0 Å². The first-order valence-electron chi connectivity index (χ1n) is 5.03. The van der Waals surface area contributed by atoms with Crippen molar-refractivity contribution in [1.29, 1.82) is 0 Å². The number of fused-ring (bicyclic) bond motifs is 1. The molecule has 0 fully saturated rings. The van der Waals surface area contributed by atoms with Crippen LogP contribution in [0.4, 0.5) is 5.95 Å². The van der Waals surface area contributed by atoms with Crippen molar-refractivity contribution in [3.05, 3.63) is 15.6 Å². The molecule has 0 aliphatic rings. The van der Waals surface area contributed by atoms with E-state index in [4.69, 9.17) is 21.5 Å². The molecule has 0 amide bonds. The third-order valence-corrected chi connectivity index (χ3v) is 1.86. The number of aliphatic carboxylic acids is 1. The second-order valence-corrected chi connectivity index (χ2v) is 3.55. The molecule has 0 aliphatic carbocycles. The molecule has 18 heavy (non-hydrogen) atoms. The van der Waals surface area contributed by atoms with Gasteiger partial charge in [0.05, 0.1) is 0 Å². The number of carboxylic acids is 1. The van der Waals surface area contributed by atoms with Gasteiger partial charge in [-0.2, -0.15) is 9.97 Å². The predicted octanol–water partition coefficient (Wildman–Crippen LogP) is 0.822. The molecule has 0 unspecified atom stereocenters. The molecular formula is C9H12ClN5O3. The number of halogens is 1. The van der Waals surface area contributed by atoms with Crippen molar-refractivity contribution in [2.24, 2.45) is 0 Å². The van der Waals surface area contributed by atoms with Gasteiger partial charge in [0.25, 0.3) is 11.5 Å². The van der Waals surface area contributed by atoms with Crippen LogP contribution in [0.1, 0.15) is 13.8 Å². The Bertz CT molecular complexity index is 602. The quantitative estimate of drug-likeness (QED) is 0.601. The molecule has 4 N–H and O–H groups in total. The Labute approximate surface area is 106 Å². The van der Waals surface area contributed by atoms with Crippen molar-refractivity contribution >= 4 is 34.7 Å². The van der Waals surface area contributed by atoms with E-state index in [9.17, 15) is 4.79 Å². The first-order valence-corrected chi connectivity index (χ1v) is 5.40. The zero-order valence-electron chi connectivity index (χ0n) is 9.74. The fraction of sp³-hybridized carbons (Fsp3) is 0.333. The van der Waals surface area contributed by atoms with E-state index in [0.717, 1.165) is 6.92 Å². The lowest BCUT2D eigenvalue weighted by atomic mass is 10.5. The molecule has 9 heteroatoms. The van der Waals surface area contributed by atoms with E-state index in [0.29, 0.717) is 18.1 Å². The zero-order valence-corrected chi connectivity index (χ0v) is 10.5. The first kappa shape index (κ1) is 14.0. The summed E-state index contributed by atoms with van der Waals surface area (Å²) in [5.74, 6) is -0.437. The van der Waals surface area contributed by atoms with Gasteiger partial charge in [-0.1, -0.05) is 0 Å². The molecule has 0 saturated heterocycles. The number of anilines is 1. The minimum absolute atomic E-state index is 0.159. The largest absolute Gasteiger partial charge is 0.481 e. The Hall–Kier alpha value is -2.09. The SMILES string of the molecule is CC(=O)O.CCNc1nc2nc(Cl)[nH]c2c(=O)[nH]1. The monoisotopic (exact) mass is 273 g/mol. The molecule has 0 aliphatic heterocycles. The van der Waals surface area contributed by atoms with E-state index in [1.54, 1.807) is 0 Å². The topological polar surface area (TPSA) is 124 Å². The van der Waals surface area contributed by atoms with Gasteiger partial charge < -0.3 is 15.4 Å². The van der Waals surface area contributed by atoms with Gasteiger partial charge in [0.15, 0.2) is 11.2 Å². The Morgan fingerprint density at radius 1 is 1.44 bits per heavy atom. The van der Waals surface area contributed by atoms with Gasteiger partial charge in [0.1, 0.15) is 0 Å². The highest BCUT2D eigenvalue weighted by molar-refractivity contribution is 6.28. The summed E-state index contributed by atoms with van der Waals surface area (Å²) in [6.07, 6.45) is 0. The maximum absolute atomic E-state index is 11.4. The molecule has 0 saturated carbocycles. The number of nitrogens with one attached hydrogen (secondary N) is 3. The van der Waals surface area contributed by atoms with E-state index in [1.165, 1.54) is 0 Å². The summed E-state index contributed by atoms with van der Waals surface area (Å²) in [6.45, 7) is 3.66. The van der Waals surface area contributed by atoms with Gasteiger partial charge in [-0.25, -0.2) is 0 Å². The number of aromatic amines is 2. The lowest BCUT2D eigenvalue weighted by Gasteiger charge is -1.99. The maximum atomic E-state index is 11.4. The van der Waals surface area contributed by atoms with Crippen LogP contribution in [0.3, 0.4) is 0 Å². The number of H-pyrrole nitrogens is 2. The highest BCUT2D eigenvalue weighted by Gasteiger charge is 2.07.